The maximum absolute atomic E-state index is 11.4. The molecule has 106 valence electrons. The van der Waals surface area contributed by atoms with Gasteiger partial charge in [0.2, 0.25) is 0 Å². The van der Waals surface area contributed by atoms with Crippen LogP contribution in [-0.2, 0) is 16.4 Å². The van der Waals surface area contributed by atoms with Crippen molar-refractivity contribution in [1.29, 1.82) is 0 Å². The fourth-order valence-electron chi connectivity index (χ4n) is 1.67. The van der Waals surface area contributed by atoms with Gasteiger partial charge in [0.25, 0.3) is 0 Å². The lowest BCUT2D eigenvalue weighted by atomic mass is 10.2. The van der Waals surface area contributed by atoms with E-state index in [1.54, 1.807) is 12.1 Å². The lowest BCUT2D eigenvalue weighted by Crippen LogP contribution is -2.00. The van der Waals surface area contributed by atoms with Crippen LogP contribution in [0.25, 0.3) is 0 Å². The van der Waals surface area contributed by atoms with E-state index in [9.17, 15) is 8.42 Å². The first kappa shape index (κ1) is 15.0. The minimum absolute atomic E-state index is 0.262. The Bertz CT molecular complexity index is 712. The third kappa shape index (κ3) is 3.59. The van der Waals surface area contributed by atoms with E-state index in [4.69, 9.17) is 10.5 Å². The van der Waals surface area contributed by atoms with Crippen LogP contribution >= 0.6 is 15.9 Å². The molecule has 4 nitrogen and oxygen atoms in total. The van der Waals surface area contributed by atoms with Crippen LogP contribution in [0, 0.1) is 0 Å². The number of nitrogens with two attached hydrogens (primary N) is 1. The molecule has 6 heteroatoms. The number of benzene rings is 2. The zero-order valence-electron chi connectivity index (χ0n) is 10.8. The van der Waals surface area contributed by atoms with E-state index in [0.29, 0.717) is 18.0 Å². The van der Waals surface area contributed by atoms with Gasteiger partial charge in [-0.3, -0.25) is 0 Å². The minimum Gasteiger partial charge on any atom is -0.457 e. The van der Waals surface area contributed by atoms with Gasteiger partial charge in [0, 0.05) is 22.8 Å². The number of hydrogen-bond donors (Lipinski definition) is 1. The first-order valence-electron chi connectivity index (χ1n) is 5.86. The number of ether oxygens (including phenoxy) is 1. The van der Waals surface area contributed by atoms with Crippen LogP contribution in [0.5, 0.6) is 11.5 Å². The Kier molecular flexibility index (Phi) is 4.47. The molecule has 0 radical (unpaired) electrons. The summed E-state index contributed by atoms with van der Waals surface area (Å²) in [5.74, 6) is 1.21. The molecule has 2 rings (SSSR count). The molecule has 0 aliphatic rings. The maximum Gasteiger partial charge on any atom is 0.175 e. The predicted octanol–water partition coefficient (Wildman–Crippen LogP) is 3.10. The molecule has 0 saturated carbocycles. The quantitative estimate of drug-likeness (QED) is 0.914. The molecule has 0 aliphatic heterocycles. The van der Waals surface area contributed by atoms with Crippen molar-refractivity contribution in [1.82, 2.24) is 0 Å². The highest BCUT2D eigenvalue weighted by atomic mass is 79.9. The summed E-state index contributed by atoms with van der Waals surface area (Å²) in [5, 5.41) is 0. The van der Waals surface area contributed by atoms with E-state index in [2.05, 4.69) is 15.9 Å². The van der Waals surface area contributed by atoms with Gasteiger partial charge in [0.15, 0.2) is 9.84 Å². The molecule has 2 N–H and O–H groups in total. The smallest absolute Gasteiger partial charge is 0.175 e. The van der Waals surface area contributed by atoms with Crippen molar-refractivity contribution >= 4 is 25.8 Å². The Hall–Kier alpha value is -1.37. The summed E-state index contributed by atoms with van der Waals surface area (Å²) in [4.78, 5) is 0.262. The van der Waals surface area contributed by atoms with Crippen LogP contribution in [0.4, 0.5) is 0 Å². The van der Waals surface area contributed by atoms with Crippen molar-refractivity contribution in [3.05, 3.63) is 52.5 Å². The van der Waals surface area contributed by atoms with Crippen LogP contribution in [0.1, 0.15) is 5.56 Å². The van der Waals surface area contributed by atoms with Crippen molar-refractivity contribution in [2.45, 2.75) is 11.4 Å². The van der Waals surface area contributed by atoms with E-state index < -0.39 is 9.84 Å². The SMILES string of the molecule is CS(=O)(=O)c1ccc(Oc2cc(Br)ccc2CN)cc1. The summed E-state index contributed by atoms with van der Waals surface area (Å²) < 4.78 is 29.4. The molecule has 0 spiro atoms. The minimum atomic E-state index is -3.20. The van der Waals surface area contributed by atoms with Crippen molar-refractivity contribution < 1.29 is 13.2 Å². The van der Waals surface area contributed by atoms with Crippen molar-refractivity contribution in [3.63, 3.8) is 0 Å². The topological polar surface area (TPSA) is 69.4 Å². The first-order chi connectivity index (χ1) is 9.40. The lowest BCUT2D eigenvalue weighted by molar-refractivity contribution is 0.475. The Morgan fingerprint density at radius 1 is 1.15 bits per heavy atom. The molecule has 0 fully saturated rings. The molecule has 0 saturated heterocycles. The molecular formula is C14H14BrNO3S. The van der Waals surface area contributed by atoms with Crippen LogP contribution < -0.4 is 10.5 Å². The molecule has 0 atom stereocenters. The highest BCUT2D eigenvalue weighted by Gasteiger charge is 2.08. The largest absolute Gasteiger partial charge is 0.457 e. The Labute approximate surface area is 126 Å². The predicted molar refractivity (Wildman–Crippen MR) is 81.7 cm³/mol. The van der Waals surface area contributed by atoms with E-state index >= 15 is 0 Å². The fraction of sp³-hybridized carbons (Fsp3) is 0.143. The molecule has 20 heavy (non-hydrogen) atoms. The number of halogens is 1. The summed E-state index contributed by atoms with van der Waals surface area (Å²) >= 11 is 3.38. The van der Waals surface area contributed by atoms with Gasteiger partial charge in [-0.15, -0.1) is 0 Å². The van der Waals surface area contributed by atoms with Crippen LogP contribution in [0.15, 0.2) is 51.8 Å². The fourth-order valence-corrected chi connectivity index (χ4v) is 2.64. The molecule has 0 aliphatic carbocycles. The highest BCUT2D eigenvalue weighted by molar-refractivity contribution is 9.10. The Morgan fingerprint density at radius 3 is 2.35 bits per heavy atom. The van der Waals surface area contributed by atoms with Gasteiger partial charge in [-0.05, 0) is 36.4 Å². The Morgan fingerprint density at radius 2 is 1.80 bits per heavy atom. The van der Waals surface area contributed by atoms with Gasteiger partial charge in [-0.2, -0.15) is 0 Å². The van der Waals surface area contributed by atoms with Gasteiger partial charge < -0.3 is 10.5 Å². The normalized spacial score (nSPS) is 11.3. The summed E-state index contributed by atoms with van der Waals surface area (Å²) in [7, 11) is -3.20. The van der Waals surface area contributed by atoms with E-state index in [-0.39, 0.29) is 4.90 Å². The van der Waals surface area contributed by atoms with E-state index in [1.165, 1.54) is 18.4 Å². The molecular weight excluding hydrogens is 342 g/mol. The summed E-state index contributed by atoms with van der Waals surface area (Å²) in [6.45, 7) is 0.365. The van der Waals surface area contributed by atoms with Crippen molar-refractivity contribution in [2.24, 2.45) is 5.73 Å². The maximum atomic E-state index is 11.4. The highest BCUT2D eigenvalue weighted by Crippen LogP contribution is 2.29. The van der Waals surface area contributed by atoms with E-state index in [0.717, 1.165) is 10.0 Å². The number of hydrogen-bond acceptors (Lipinski definition) is 4. The average Bonchev–Trinajstić information content (AvgIpc) is 2.38. The third-order valence-corrected chi connectivity index (χ3v) is 4.35. The van der Waals surface area contributed by atoms with Gasteiger partial charge in [0.1, 0.15) is 11.5 Å². The number of sulfone groups is 1. The second-order valence-electron chi connectivity index (χ2n) is 4.30. The van der Waals surface area contributed by atoms with Crippen LogP contribution in [-0.4, -0.2) is 14.7 Å². The monoisotopic (exact) mass is 355 g/mol. The van der Waals surface area contributed by atoms with Gasteiger partial charge >= 0.3 is 0 Å². The molecule has 2 aromatic carbocycles. The zero-order valence-corrected chi connectivity index (χ0v) is 13.2. The van der Waals surface area contributed by atoms with Crippen molar-refractivity contribution in [2.75, 3.05) is 6.26 Å². The summed E-state index contributed by atoms with van der Waals surface area (Å²) in [6.07, 6.45) is 1.17. The second kappa shape index (κ2) is 5.95. The van der Waals surface area contributed by atoms with Gasteiger partial charge in [-0.1, -0.05) is 22.0 Å². The summed E-state index contributed by atoms with van der Waals surface area (Å²) in [5.41, 5.74) is 6.54. The second-order valence-corrected chi connectivity index (χ2v) is 7.23. The molecule has 0 unspecified atom stereocenters. The molecule has 0 heterocycles. The third-order valence-electron chi connectivity index (χ3n) is 2.73. The van der Waals surface area contributed by atoms with Gasteiger partial charge in [-0.25, -0.2) is 8.42 Å². The van der Waals surface area contributed by atoms with Crippen LogP contribution in [0.3, 0.4) is 0 Å². The first-order valence-corrected chi connectivity index (χ1v) is 8.55. The number of rotatable bonds is 4. The molecule has 2 aromatic rings. The lowest BCUT2D eigenvalue weighted by Gasteiger charge is -2.11. The average molecular weight is 356 g/mol. The molecule has 0 bridgehead atoms. The van der Waals surface area contributed by atoms with E-state index in [1.807, 2.05) is 18.2 Å². The van der Waals surface area contributed by atoms with Gasteiger partial charge in [0.05, 0.1) is 4.90 Å². The molecule has 0 aromatic heterocycles. The Balaban J connectivity index is 2.29. The van der Waals surface area contributed by atoms with Crippen LogP contribution in [0.2, 0.25) is 0 Å². The standard InChI is InChI=1S/C14H14BrNO3S/c1-20(17,18)13-6-4-12(5-7-13)19-14-8-11(15)3-2-10(14)9-16/h2-8H,9,16H2,1H3. The summed E-state index contributed by atoms with van der Waals surface area (Å²) in [6, 6.07) is 11.9. The molecule has 0 amide bonds. The van der Waals surface area contributed by atoms with Crippen molar-refractivity contribution in [3.8, 4) is 11.5 Å². The zero-order chi connectivity index (χ0) is 14.8.